The second-order valence-electron chi connectivity index (χ2n) is 8.26. The first kappa shape index (κ1) is 20.1. The third kappa shape index (κ3) is 4.82. The molecule has 0 radical (unpaired) electrons. The second-order valence-corrected chi connectivity index (χ2v) is 10.2. The summed E-state index contributed by atoms with van der Waals surface area (Å²) >= 11 is 0. The van der Waals surface area contributed by atoms with E-state index in [0.29, 0.717) is 29.9 Å². The van der Waals surface area contributed by atoms with E-state index >= 15 is 0 Å². The fourth-order valence-corrected chi connectivity index (χ4v) is 5.25. The summed E-state index contributed by atoms with van der Waals surface area (Å²) in [5.74, 6) is 0.942. The molecule has 2 aliphatic heterocycles. The molecule has 2 saturated heterocycles. The van der Waals surface area contributed by atoms with Crippen LogP contribution in [0.3, 0.4) is 0 Å². The van der Waals surface area contributed by atoms with Gasteiger partial charge in [-0.25, -0.2) is 13.4 Å². The molecule has 7 heteroatoms. The van der Waals surface area contributed by atoms with Gasteiger partial charge in [-0.15, -0.1) is 0 Å². The monoisotopic (exact) mass is 392 g/mol. The first-order chi connectivity index (χ1) is 12.8. The summed E-state index contributed by atoms with van der Waals surface area (Å²) in [6.07, 6.45) is 3.07. The highest BCUT2D eigenvalue weighted by atomic mass is 32.2. The lowest BCUT2D eigenvalue weighted by atomic mass is 9.93. The van der Waals surface area contributed by atoms with Crippen LogP contribution in [0.5, 0.6) is 0 Å². The van der Waals surface area contributed by atoms with Crippen molar-refractivity contribution in [2.75, 3.05) is 32.7 Å². The summed E-state index contributed by atoms with van der Waals surface area (Å²) in [7, 11) is -3.34. The van der Waals surface area contributed by atoms with E-state index in [1.165, 1.54) is 6.42 Å². The molecule has 0 unspecified atom stereocenters. The van der Waals surface area contributed by atoms with Crippen LogP contribution < -0.4 is 5.32 Å². The van der Waals surface area contributed by atoms with Crippen molar-refractivity contribution in [2.45, 2.75) is 51.5 Å². The smallest absolute Gasteiger partial charge is 0.243 e. The van der Waals surface area contributed by atoms with Gasteiger partial charge in [0.25, 0.3) is 0 Å². The topological polar surface area (TPSA) is 65.0 Å². The predicted octanol–water partition coefficient (Wildman–Crippen LogP) is 2.67. The third-order valence-corrected chi connectivity index (χ3v) is 7.26. The minimum absolute atomic E-state index is 0.321. The van der Waals surface area contributed by atoms with Crippen LogP contribution in [-0.2, 0) is 16.6 Å². The van der Waals surface area contributed by atoms with Gasteiger partial charge in [-0.3, -0.25) is 0 Å². The predicted molar refractivity (Wildman–Crippen MR) is 109 cm³/mol. The molecule has 1 N–H and O–H groups in total. The van der Waals surface area contributed by atoms with Crippen molar-refractivity contribution in [3.8, 4) is 0 Å². The van der Waals surface area contributed by atoms with E-state index in [1.807, 2.05) is 12.1 Å². The minimum atomic E-state index is -3.34. The quantitative estimate of drug-likeness (QED) is 0.618. The van der Waals surface area contributed by atoms with Gasteiger partial charge in [0.1, 0.15) is 0 Å². The van der Waals surface area contributed by atoms with Gasteiger partial charge in [0.05, 0.1) is 11.4 Å². The van der Waals surface area contributed by atoms with Crippen LogP contribution in [0.25, 0.3) is 0 Å². The van der Waals surface area contributed by atoms with Gasteiger partial charge in [0.2, 0.25) is 10.0 Å². The molecule has 150 valence electrons. The normalized spacial score (nSPS) is 21.0. The lowest BCUT2D eigenvalue weighted by molar-refractivity contribution is 0.370. The minimum Gasteiger partial charge on any atom is -0.357 e. The van der Waals surface area contributed by atoms with E-state index in [2.05, 4.69) is 31.0 Å². The Morgan fingerprint density at radius 2 is 1.81 bits per heavy atom. The van der Waals surface area contributed by atoms with E-state index in [0.717, 1.165) is 44.0 Å². The van der Waals surface area contributed by atoms with Crippen molar-refractivity contribution >= 4 is 16.0 Å². The number of sulfonamides is 1. The average Bonchev–Trinajstić information content (AvgIpc) is 3.29. The summed E-state index contributed by atoms with van der Waals surface area (Å²) < 4.78 is 26.8. The number of nitrogens with zero attached hydrogens (tertiary/aromatic N) is 3. The van der Waals surface area contributed by atoms with Gasteiger partial charge in [-0.05, 0) is 49.3 Å². The van der Waals surface area contributed by atoms with E-state index in [1.54, 1.807) is 16.4 Å². The molecule has 1 aromatic rings. The molecule has 0 bridgehead atoms. The number of hydrogen-bond donors (Lipinski definition) is 1. The number of likely N-dealkylation sites (tertiary alicyclic amines) is 1. The molecule has 2 fully saturated rings. The molecule has 2 heterocycles. The largest absolute Gasteiger partial charge is 0.357 e. The maximum atomic E-state index is 12.6. The Morgan fingerprint density at radius 3 is 2.37 bits per heavy atom. The van der Waals surface area contributed by atoms with Gasteiger partial charge in [-0.2, -0.15) is 4.31 Å². The van der Waals surface area contributed by atoms with Crippen molar-refractivity contribution in [1.82, 2.24) is 14.5 Å². The Balaban J connectivity index is 1.68. The molecule has 1 aromatic carbocycles. The van der Waals surface area contributed by atoms with Gasteiger partial charge in [0.15, 0.2) is 5.96 Å². The average molecular weight is 393 g/mol. The number of rotatable bonds is 5. The maximum Gasteiger partial charge on any atom is 0.243 e. The number of hydrogen-bond acceptors (Lipinski definition) is 3. The van der Waals surface area contributed by atoms with Crippen LogP contribution in [-0.4, -0.2) is 56.3 Å². The Hall–Kier alpha value is -1.60. The molecular formula is C20H32N4O2S. The summed E-state index contributed by atoms with van der Waals surface area (Å²) in [5, 5.41) is 3.38. The van der Waals surface area contributed by atoms with Crippen molar-refractivity contribution in [3.63, 3.8) is 0 Å². The van der Waals surface area contributed by atoms with Crippen LogP contribution in [0.4, 0.5) is 0 Å². The summed E-state index contributed by atoms with van der Waals surface area (Å²) in [5.41, 5.74) is 1.34. The molecular weight excluding hydrogens is 360 g/mol. The molecule has 0 atom stereocenters. The van der Waals surface area contributed by atoms with Crippen LogP contribution in [0.1, 0.15) is 45.6 Å². The van der Waals surface area contributed by atoms with E-state index in [-0.39, 0.29) is 0 Å². The third-order valence-electron chi connectivity index (χ3n) is 5.35. The van der Waals surface area contributed by atoms with E-state index in [9.17, 15) is 8.42 Å². The molecule has 0 amide bonds. The highest BCUT2D eigenvalue weighted by Crippen LogP contribution is 2.28. The zero-order valence-corrected chi connectivity index (χ0v) is 17.6. The van der Waals surface area contributed by atoms with Crippen LogP contribution in [0.2, 0.25) is 0 Å². The first-order valence-corrected chi connectivity index (χ1v) is 11.4. The molecule has 0 aromatic heterocycles. The fraction of sp³-hybridized carbons (Fsp3) is 0.650. The zero-order chi connectivity index (χ0) is 19.5. The van der Waals surface area contributed by atoms with Gasteiger partial charge in [0, 0.05) is 32.7 Å². The van der Waals surface area contributed by atoms with Crippen molar-refractivity contribution in [1.29, 1.82) is 0 Å². The molecule has 3 rings (SSSR count). The summed E-state index contributed by atoms with van der Waals surface area (Å²) in [4.78, 5) is 7.47. The SMILES string of the molecule is CCNC(=NCc1ccc(S(=O)(=O)N2CCCC2)cc1)N1CCC(C)(C)C1. The van der Waals surface area contributed by atoms with Crippen molar-refractivity contribution in [2.24, 2.45) is 10.4 Å². The zero-order valence-electron chi connectivity index (χ0n) is 16.7. The van der Waals surface area contributed by atoms with E-state index in [4.69, 9.17) is 4.99 Å². The molecule has 2 aliphatic rings. The van der Waals surface area contributed by atoms with Gasteiger partial charge in [-0.1, -0.05) is 26.0 Å². The molecule has 0 aliphatic carbocycles. The van der Waals surface area contributed by atoms with Gasteiger partial charge >= 0.3 is 0 Å². The summed E-state index contributed by atoms with van der Waals surface area (Å²) in [6.45, 7) is 11.3. The molecule has 6 nitrogen and oxygen atoms in total. The highest BCUT2D eigenvalue weighted by molar-refractivity contribution is 7.89. The van der Waals surface area contributed by atoms with Crippen molar-refractivity contribution in [3.05, 3.63) is 29.8 Å². The Labute approximate surface area is 163 Å². The summed E-state index contributed by atoms with van der Waals surface area (Å²) in [6, 6.07) is 7.18. The number of benzene rings is 1. The fourth-order valence-electron chi connectivity index (χ4n) is 3.73. The number of guanidine groups is 1. The second kappa shape index (κ2) is 8.19. The van der Waals surface area contributed by atoms with E-state index < -0.39 is 10.0 Å². The van der Waals surface area contributed by atoms with Crippen LogP contribution in [0.15, 0.2) is 34.2 Å². The lowest BCUT2D eigenvalue weighted by Gasteiger charge is -2.23. The first-order valence-electron chi connectivity index (χ1n) is 9.94. The lowest BCUT2D eigenvalue weighted by Crippen LogP contribution is -2.40. The highest BCUT2D eigenvalue weighted by Gasteiger charge is 2.31. The molecule has 27 heavy (non-hydrogen) atoms. The molecule has 0 saturated carbocycles. The Kier molecular flexibility index (Phi) is 6.11. The maximum absolute atomic E-state index is 12.6. The van der Waals surface area contributed by atoms with Crippen molar-refractivity contribution < 1.29 is 8.42 Å². The molecule has 0 spiro atoms. The van der Waals surface area contributed by atoms with Crippen LogP contribution in [0, 0.1) is 5.41 Å². The Morgan fingerprint density at radius 1 is 1.15 bits per heavy atom. The Bertz CT molecular complexity index is 766. The van der Waals surface area contributed by atoms with Gasteiger partial charge < -0.3 is 10.2 Å². The van der Waals surface area contributed by atoms with Crippen LogP contribution >= 0.6 is 0 Å². The standard InChI is InChI=1S/C20H32N4O2S/c1-4-21-19(23-14-11-20(2,3)16-23)22-15-17-7-9-18(10-8-17)27(25,26)24-12-5-6-13-24/h7-10H,4-6,11-16H2,1-3H3,(H,21,22). The number of aliphatic imine (C=N–C) groups is 1. The number of nitrogens with one attached hydrogen (secondary N) is 1.